The highest BCUT2D eigenvalue weighted by molar-refractivity contribution is 6.30. The maximum absolute atomic E-state index is 12.3. The molecule has 122 valence electrons. The van der Waals surface area contributed by atoms with Crippen LogP contribution in [0.15, 0.2) is 53.5 Å². The number of amides is 1. The van der Waals surface area contributed by atoms with Gasteiger partial charge in [-0.25, -0.2) is 0 Å². The maximum atomic E-state index is 12.3. The SMILES string of the molecule is Cc1cc(C)c2c(=O)ccn(CC(=O)Nc3ccc(Cl)cc3)c2c1. The molecule has 0 spiro atoms. The number of halogens is 1. The van der Waals surface area contributed by atoms with E-state index in [2.05, 4.69) is 5.32 Å². The summed E-state index contributed by atoms with van der Waals surface area (Å²) < 4.78 is 1.79. The Balaban J connectivity index is 1.92. The molecule has 0 radical (unpaired) electrons. The molecule has 2 aromatic carbocycles. The zero-order valence-electron chi connectivity index (χ0n) is 13.5. The molecule has 1 aromatic heterocycles. The summed E-state index contributed by atoms with van der Waals surface area (Å²) >= 11 is 5.84. The molecule has 5 heteroatoms. The van der Waals surface area contributed by atoms with Crippen LogP contribution >= 0.6 is 11.6 Å². The molecule has 1 heterocycles. The third kappa shape index (κ3) is 3.34. The number of rotatable bonds is 3. The van der Waals surface area contributed by atoms with Gasteiger partial charge in [0.25, 0.3) is 0 Å². The van der Waals surface area contributed by atoms with Gasteiger partial charge in [0.1, 0.15) is 6.54 Å². The highest BCUT2D eigenvalue weighted by Crippen LogP contribution is 2.18. The standard InChI is InChI=1S/C19H17ClN2O2/c1-12-9-13(2)19-16(10-12)22(8-7-17(19)23)11-18(24)21-15-5-3-14(20)4-6-15/h3-10H,11H2,1-2H3,(H,21,24). The normalized spacial score (nSPS) is 10.8. The van der Waals surface area contributed by atoms with Crippen molar-refractivity contribution in [3.63, 3.8) is 0 Å². The summed E-state index contributed by atoms with van der Waals surface area (Å²) in [5, 5.41) is 4.10. The number of aromatic nitrogens is 1. The second-order valence-electron chi connectivity index (χ2n) is 5.84. The summed E-state index contributed by atoms with van der Waals surface area (Å²) in [7, 11) is 0. The number of pyridine rings is 1. The molecular formula is C19H17ClN2O2. The Morgan fingerprint density at radius 3 is 2.54 bits per heavy atom. The van der Waals surface area contributed by atoms with E-state index in [1.54, 1.807) is 35.0 Å². The number of hydrogen-bond acceptors (Lipinski definition) is 2. The topological polar surface area (TPSA) is 51.1 Å². The number of fused-ring (bicyclic) bond motifs is 1. The minimum atomic E-state index is -0.165. The average molecular weight is 341 g/mol. The molecule has 0 saturated carbocycles. The molecule has 0 aliphatic carbocycles. The van der Waals surface area contributed by atoms with E-state index in [0.717, 1.165) is 16.6 Å². The van der Waals surface area contributed by atoms with Gasteiger partial charge in [0.2, 0.25) is 5.91 Å². The molecule has 0 unspecified atom stereocenters. The summed E-state index contributed by atoms with van der Waals surface area (Å²) in [4.78, 5) is 24.5. The summed E-state index contributed by atoms with van der Waals surface area (Å²) in [6.07, 6.45) is 1.66. The van der Waals surface area contributed by atoms with Crippen LogP contribution in [0.1, 0.15) is 11.1 Å². The van der Waals surface area contributed by atoms with E-state index < -0.39 is 0 Å². The lowest BCUT2D eigenvalue weighted by Gasteiger charge is -2.13. The first-order valence-corrected chi connectivity index (χ1v) is 7.97. The third-order valence-electron chi connectivity index (χ3n) is 3.86. The molecule has 0 aliphatic heterocycles. The number of hydrogen-bond donors (Lipinski definition) is 1. The quantitative estimate of drug-likeness (QED) is 0.786. The molecule has 4 nitrogen and oxygen atoms in total. The largest absolute Gasteiger partial charge is 0.338 e. The highest BCUT2D eigenvalue weighted by Gasteiger charge is 2.10. The van der Waals surface area contributed by atoms with Gasteiger partial charge < -0.3 is 9.88 Å². The predicted molar refractivity (Wildman–Crippen MR) is 97.8 cm³/mol. The lowest BCUT2D eigenvalue weighted by atomic mass is 10.1. The third-order valence-corrected chi connectivity index (χ3v) is 4.11. The van der Waals surface area contributed by atoms with Gasteiger partial charge in [-0.3, -0.25) is 9.59 Å². The number of aryl methyl sites for hydroxylation is 2. The van der Waals surface area contributed by atoms with Crippen LogP contribution in [-0.2, 0) is 11.3 Å². The predicted octanol–water partition coefficient (Wildman–Crippen LogP) is 3.91. The minimum Gasteiger partial charge on any atom is -0.338 e. The fourth-order valence-electron chi connectivity index (χ4n) is 2.84. The first kappa shape index (κ1) is 16.3. The van der Waals surface area contributed by atoms with Crippen molar-refractivity contribution in [3.05, 3.63) is 75.0 Å². The van der Waals surface area contributed by atoms with E-state index in [1.807, 2.05) is 26.0 Å². The van der Waals surface area contributed by atoms with E-state index >= 15 is 0 Å². The number of carbonyl (C=O) groups is 1. The van der Waals surface area contributed by atoms with Crippen LogP contribution in [0.5, 0.6) is 0 Å². The van der Waals surface area contributed by atoms with E-state index in [9.17, 15) is 9.59 Å². The highest BCUT2D eigenvalue weighted by atomic mass is 35.5. The molecule has 24 heavy (non-hydrogen) atoms. The van der Waals surface area contributed by atoms with Gasteiger partial charge in [0.15, 0.2) is 5.43 Å². The van der Waals surface area contributed by atoms with Gasteiger partial charge in [-0.05, 0) is 55.3 Å². The second kappa shape index (κ2) is 6.49. The molecule has 1 amide bonds. The first-order chi connectivity index (χ1) is 11.4. The van der Waals surface area contributed by atoms with E-state index in [-0.39, 0.29) is 17.9 Å². The Hall–Kier alpha value is -2.59. The molecule has 0 aliphatic rings. The summed E-state index contributed by atoms with van der Waals surface area (Å²) in [5.41, 5.74) is 3.39. The van der Waals surface area contributed by atoms with Crippen LogP contribution in [0.2, 0.25) is 5.02 Å². The fraction of sp³-hybridized carbons (Fsp3) is 0.158. The molecule has 0 fully saturated rings. The molecular weight excluding hydrogens is 324 g/mol. The second-order valence-corrected chi connectivity index (χ2v) is 6.28. The number of nitrogens with zero attached hydrogens (tertiary/aromatic N) is 1. The molecule has 0 saturated heterocycles. The smallest absolute Gasteiger partial charge is 0.244 e. The van der Waals surface area contributed by atoms with Crippen molar-refractivity contribution in [2.45, 2.75) is 20.4 Å². The molecule has 0 atom stereocenters. The summed E-state index contributed by atoms with van der Waals surface area (Å²) in [5.74, 6) is -0.165. The zero-order valence-corrected chi connectivity index (χ0v) is 14.2. The lowest BCUT2D eigenvalue weighted by molar-refractivity contribution is -0.116. The van der Waals surface area contributed by atoms with Crippen LogP contribution in [0.25, 0.3) is 10.9 Å². The van der Waals surface area contributed by atoms with Gasteiger partial charge in [-0.1, -0.05) is 17.7 Å². The van der Waals surface area contributed by atoms with Gasteiger partial charge in [-0.2, -0.15) is 0 Å². The molecule has 0 bridgehead atoms. The fourth-order valence-corrected chi connectivity index (χ4v) is 2.97. The first-order valence-electron chi connectivity index (χ1n) is 7.60. The van der Waals surface area contributed by atoms with Crippen molar-refractivity contribution in [2.24, 2.45) is 0 Å². The van der Waals surface area contributed by atoms with E-state index in [4.69, 9.17) is 11.6 Å². The Bertz CT molecular complexity index is 975. The zero-order chi connectivity index (χ0) is 17.3. The average Bonchev–Trinajstić information content (AvgIpc) is 2.52. The number of carbonyl (C=O) groups excluding carboxylic acids is 1. The van der Waals surface area contributed by atoms with Crippen LogP contribution in [0.4, 0.5) is 5.69 Å². The number of nitrogens with one attached hydrogen (secondary N) is 1. The van der Waals surface area contributed by atoms with Crippen molar-refractivity contribution in [2.75, 3.05) is 5.32 Å². The van der Waals surface area contributed by atoms with Gasteiger partial charge >= 0.3 is 0 Å². The Kier molecular flexibility index (Phi) is 4.40. The van der Waals surface area contributed by atoms with Gasteiger partial charge in [-0.15, -0.1) is 0 Å². The lowest BCUT2D eigenvalue weighted by Crippen LogP contribution is -2.20. The van der Waals surface area contributed by atoms with E-state index in [1.165, 1.54) is 6.07 Å². The van der Waals surface area contributed by atoms with Crippen LogP contribution < -0.4 is 10.7 Å². The van der Waals surface area contributed by atoms with Crippen LogP contribution in [0.3, 0.4) is 0 Å². The number of anilines is 1. The summed E-state index contributed by atoms with van der Waals surface area (Å²) in [6.45, 7) is 4.01. The van der Waals surface area contributed by atoms with Gasteiger partial charge in [0.05, 0.1) is 5.52 Å². The number of benzene rings is 2. The van der Waals surface area contributed by atoms with Crippen LogP contribution in [-0.4, -0.2) is 10.5 Å². The summed E-state index contributed by atoms with van der Waals surface area (Å²) in [6, 6.07) is 12.3. The maximum Gasteiger partial charge on any atom is 0.244 e. The van der Waals surface area contributed by atoms with Crippen molar-refractivity contribution in [1.29, 1.82) is 0 Å². The Morgan fingerprint density at radius 2 is 1.83 bits per heavy atom. The monoisotopic (exact) mass is 340 g/mol. The molecule has 3 rings (SSSR count). The molecule has 3 aromatic rings. The van der Waals surface area contributed by atoms with Crippen molar-refractivity contribution >= 4 is 34.1 Å². The minimum absolute atomic E-state index is 0.0307. The van der Waals surface area contributed by atoms with Gasteiger partial charge in [0, 0.05) is 28.4 Å². The Morgan fingerprint density at radius 1 is 1.12 bits per heavy atom. The van der Waals surface area contributed by atoms with Crippen molar-refractivity contribution < 1.29 is 4.79 Å². The van der Waals surface area contributed by atoms with E-state index in [0.29, 0.717) is 16.1 Å². The van der Waals surface area contributed by atoms with Crippen LogP contribution in [0, 0.1) is 13.8 Å². The molecule has 1 N–H and O–H groups in total. The van der Waals surface area contributed by atoms with Crippen molar-refractivity contribution in [1.82, 2.24) is 4.57 Å². The van der Waals surface area contributed by atoms with Crippen molar-refractivity contribution in [3.8, 4) is 0 Å². The Labute approximate surface area is 144 Å².